The fourth-order valence-corrected chi connectivity index (χ4v) is 6.02. The summed E-state index contributed by atoms with van der Waals surface area (Å²) < 4.78 is 25.1. The van der Waals surface area contributed by atoms with Crippen LogP contribution in [0.25, 0.3) is 0 Å². The van der Waals surface area contributed by atoms with Crippen molar-refractivity contribution < 1.29 is 13.2 Å². The van der Waals surface area contributed by atoms with Crippen molar-refractivity contribution in [2.24, 2.45) is 0 Å². The molecule has 0 aliphatic carbocycles. The largest absolute Gasteiger partial charge is 0.322 e. The molecule has 2 aromatic rings. The molecule has 0 saturated carbocycles. The first-order valence-corrected chi connectivity index (χ1v) is 13.9. The summed E-state index contributed by atoms with van der Waals surface area (Å²) in [5.41, 5.74) is 2.26. The van der Waals surface area contributed by atoms with Gasteiger partial charge >= 0.3 is 6.03 Å². The van der Waals surface area contributed by atoms with E-state index in [0.717, 1.165) is 5.56 Å². The molecule has 2 amide bonds. The first-order valence-electron chi connectivity index (χ1n) is 11.3. The van der Waals surface area contributed by atoms with E-state index in [1.165, 1.54) is 16.1 Å². The van der Waals surface area contributed by atoms with Gasteiger partial charge in [-0.25, -0.2) is 13.2 Å². The number of piperazine rings is 1. The Morgan fingerprint density at radius 1 is 0.971 bits per heavy atom. The van der Waals surface area contributed by atoms with E-state index in [1.54, 1.807) is 4.90 Å². The molecule has 0 N–H and O–H groups in total. The van der Waals surface area contributed by atoms with Crippen molar-refractivity contribution >= 4 is 39.3 Å². The molecule has 0 radical (unpaired) electrons. The highest BCUT2D eigenvalue weighted by Crippen LogP contribution is 2.33. The first kappa shape index (κ1) is 25.3. The highest BCUT2D eigenvalue weighted by atomic mass is 35.5. The molecule has 2 aliphatic rings. The van der Waals surface area contributed by atoms with E-state index in [-0.39, 0.29) is 18.0 Å². The van der Waals surface area contributed by atoms with Crippen molar-refractivity contribution in [1.29, 1.82) is 0 Å². The van der Waals surface area contributed by atoms with E-state index in [4.69, 9.17) is 23.2 Å². The van der Waals surface area contributed by atoms with Gasteiger partial charge in [-0.15, -0.1) is 0 Å². The lowest BCUT2D eigenvalue weighted by atomic mass is 9.93. The number of hydrogen-bond donors (Lipinski definition) is 0. The zero-order valence-electron chi connectivity index (χ0n) is 19.4. The molecule has 34 heavy (non-hydrogen) atoms. The highest BCUT2D eigenvalue weighted by Gasteiger charge is 2.40. The lowest BCUT2D eigenvalue weighted by Crippen LogP contribution is -2.53. The molecule has 2 heterocycles. The Morgan fingerprint density at radius 2 is 1.65 bits per heavy atom. The van der Waals surface area contributed by atoms with E-state index < -0.39 is 10.0 Å². The van der Waals surface area contributed by atoms with Gasteiger partial charge in [0.2, 0.25) is 10.0 Å². The zero-order valence-corrected chi connectivity index (χ0v) is 21.7. The monoisotopic (exact) mass is 524 g/mol. The van der Waals surface area contributed by atoms with Crippen LogP contribution in [0, 0.1) is 0 Å². The average molecular weight is 526 g/mol. The molecular weight excluding hydrogens is 495 g/mol. The molecule has 0 spiro atoms. The van der Waals surface area contributed by atoms with Crippen molar-refractivity contribution in [3.63, 3.8) is 0 Å². The number of amides is 2. The van der Waals surface area contributed by atoms with Crippen molar-refractivity contribution in [1.82, 2.24) is 19.0 Å². The number of likely N-dealkylation sites (N-methyl/N-ethyl adjacent to an activating group) is 1. The van der Waals surface area contributed by atoms with Gasteiger partial charge in [-0.3, -0.25) is 4.90 Å². The number of urea groups is 1. The van der Waals surface area contributed by atoms with Crippen LogP contribution >= 0.6 is 23.2 Å². The standard InChI is InChI=1S/C24H30Cl2N4O3S/c1-27(15-18-8-9-21(25)22(26)14-18)23-17-29(16-20(23)19-6-4-3-5-7-19)24(31)28-10-12-30(13-11-28)34(2,32)33/h3-9,14,20,23H,10-13,15-17H2,1-2H3. The van der Waals surface area contributed by atoms with Crippen LogP contribution in [0.2, 0.25) is 10.0 Å². The van der Waals surface area contributed by atoms with Crippen LogP contribution in [0.3, 0.4) is 0 Å². The predicted octanol–water partition coefficient (Wildman–Crippen LogP) is 3.59. The Hall–Kier alpha value is -1.84. The highest BCUT2D eigenvalue weighted by molar-refractivity contribution is 7.88. The summed E-state index contributed by atoms with van der Waals surface area (Å²) in [6.45, 7) is 3.38. The lowest BCUT2D eigenvalue weighted by molar-refractivity contribution is 0.138. The quantitative estimate of drug-likeness (QED) is 0.599. The second-order valence-corrected chi connectivity index (χ2v) is 11.9. The predicted molar refractivity (Wildman–Crippen MR) is 136 cm³/mol. The van der Waals surface area contributed by atoms with Crippen LogP contribution in [0.5, 0.6) is 0 Å². The maximum atomic E-state index is 13.4. The summed E-state index contributed by atoms with van der Waals surface area (Å²) in [5.74, 6) is 0.162. The number of sulfonamides is 1. The van der Waals surface area contributed by atoms with Gasteiger partial charge in [-0.2, -0.15) is 4.31 Å². The fraction of sp³-hybridized carbons (Fsp3) is 0.458. The molecule has 184 valence electrons. The summed E-state index contributed by atoms with van der Waals surface area (Å²) in [7, 11) is -1.17. The number of rotatable bonds is 5. The molecular formula is C24H30Cl2N4O3S. The molecule has 2 aliphatic heterocycles. The number of nitrogens with zero attached hydrogens (tertiary/aromatic N) is 4. The van der Waals surface area contributed by atoms with E-state index in [2.05, 4.69) is 24.1 Å². The van der Waals surface area contributed by atoms with Crippen LogP contribution in [-0.2, 0) is 16.6 Å². The molecule has 2 unspecified atom stereocenters. The third kappa shape index (κ3) is 5.69. The van der Waals surface area contributed by atoms with Crippen molar-refractivity contribution in [2.75, 3.05) is 52.6 Å². The van der Waals surface area contributed by atoms with Gasteiger partial charge in [0.15, 0.2) is 0 Å². The van der Waals surface area contributed by atoms with Gasteiger partial charge in [0.25, 0.3) is 0 Å². The van der Waals surface area contributed by atoms with Crippen LogP contribution in [0.4, 0.5) is 4.79 Å². The van der Waals surface area contributed by atoms with E-state index in [9.17, 15) is 13.2 Å². The summed E-state index contributed by atoms with van der Waals surface area (Å²) in [6.07, 6.45) is 1.21. The Morgan fingerprint density at radius 3 is 2.26 bits per heavy atom. The maximum absolute atomic E-state index is 13.4. The molecule has 0 bridgehead atoms. The van der Waals surface area contributed by atoms with Crippen LogP contribution in [-0.4, -0.2) is 92.1 Å². The van der Waals surface area contributed by atoms with Gasteiger partial charge in [0.1, 0.15) is 0 Å². The minimum Gasteiger partial charge on any atom is -0.322 e. The molecule has 2 saturated heterocycles. The van der Waals surface area contributed by atoms with E-state index >= 15 is 0 Å². The molecule has 2 aromatic carbocycles. The number of carbonyl (C=O) groups is 1. The lowest BCUT2D eigenvalue weighted by Gasteiger charge is -2.35. The Bertz CT molecular complexity index is 1120. The number of likely N-dealkylation sites (tertiary alicyclic amines) is 1. The maximum Gasteiger partial charge on any atom is 0.320 e. The van der Waals surface area contributed by atoms with E-state index in [1.807, 2.05) is 41.3 Å². The van der Waals surface area contributed by atoms with Gasteiger partial charge < -0.3 is 9.80 Å². The average Bonchev–Trinajstić information content (AvgIpc) is 3.27. The minimum atomic E-state index is -3.24. The summed E-state index contributed by atoms with van der Waals surface area (Å²) in [4.78, 5) is 19.3. The SMILES string of the molecule is CN(Cc1ccc(Cl)c(Cl)c1)C1CN(C(=O)N2CCN(S(C)(=O)=O)CC2)CC1c1ccccc1. The topological polar surface area (TPSA) is 64.2 Å². The van der Waals surface area contributed by atoms with Gasteiger partial charge in [0, 0.05) is 57.8 Å². The molecule has 4 rings (SSSR count). The number of carbonyl (C=O) groups excluding carboxylic acids is 1. The van der Waals surface area contributed by atoms with Gasteiger partial charge in [0.05, 0.1) is 16.3 Å². The smallest absolute Gasteiger partial charge is 0.320 e. The number of halogens is 2. The van der Waals surface area contributed by atoms with Gasteiger partial charge in [-0.1, -0.05) is 59.6 Å². The first-order chi connectivity index (χ1) is 16.1. The van der Waals surface area contributed by atoms with E-state index in [0.29, 0.717) is 55.9 Å². The minimum absolute atomic E-state index is 0.0282. The van der Waals surface area contributed by atoms with Gasteiger partial charge in [-0.05, 0) is 30.3 Å². The Labute approximate surface area is 211 Å². The summed E-state index contributed by atoms with van der Waals surface area (Å²) in [5, 5.41) is 1.06. The summed E-state index contributed by atoms with van der Waals surface area (Å²) >= 11 is 12.3. The zero-order chi connectivity index (χ0) is 24.5. The van der Waals surface area contributed by atoms with Crippen LogP contribution in [0.1, 0.15) is 17.0 Å². The number of hydrogen-bond acceptors (Lipinski definition) is 4. The van der Waals surface area contributed by atoms with Crippen molar-refractivity contribution in [3.05, 3.63) is 69.7 Å². The van der Waals surface area contributed by atoms with Crippen molar-refractivity contribution in [3.8, 4) is 0 Å². The Balaban J connectivity index is 1.49. The molecule has 10 heteroatoms. The third-order valence-electron chi connectivity index (χ3n) is 6.75. The Kier molecular flexibility index (Phi) is 7.74. The third-order valence-corrected chi connectivity index (χ3v) is 8.79. The van der Waals surface area contributed by atoms with Crippen LogP contribution in [0.15, 0.2) is 48.5 Å². The molecule has 0 aromatic heterocycles. The van der Waals surface area contributed by atoms with Crippen molar-refractivity contribution in [2.45, 2.75) is 18.5 Å². The van der Waals surface area contributed by atoms with Crippen LogP contribution < -0.4 is 0 Å². The normalized spacial score (nSPS) is 21.9. The molecule has 7 nitrogen and oxygen atoms in total. The molecule has 2 fully saturated rings. The second-order valence-electron chi connectivity index (χ2n) is 9.08. The molecule has 2 atom stereocenters. The summed E-state index contributed by atoms with van der Waals surface area (Å²) in [6, 6.07) is 16.0. The number of benzene rings is 2. The fourth-order valence-electron chi connectivity index (χ4n) is 4.87. The second kappa shape index (κ2) is 10.4.